The Balaban J connectivity index is 1.77. The zero-order chi connectivity index (χ0) is 17.9. The fourth-order valence-electron chi connectivity index (χ4n) is 3.47. The number of ketones is 1. The topological polar surface area (TPSA) is 20.3 Å². The Morgan fingerprint density at radius 1 is 0.885 bits per heavy atom. The van der Waals surface area contributed by atoms with Crippen molar-refractivity contribution in [3.8, 4) is 0 Å². The van der Waals surface area contributed by atoms with E-state index in [1.54, 1.807) is 0 Å². The molecule has 2 nitrogen and oxygen atoms in total. The van der Waals surface area contributed by atoms with Crippen molar-refractivity contribution in [3.63, 3.8) is 0 Å². The Morgan fingerprint density at radius 2 is 1.54 bits per heavy atom. The molecular weight excluding hydrogens is 318 g/mol. The lowest BCUT2D eigenvalue weighted by Crippen LogP contribution is -2.15. The van der Waals surface area contributed by atoms with Gasteiger partial charge in [-0.15, -0.1) is 0 Å². The summed E-state index contributed by atoms with van der Waals surface area (Å²) in [7, 11) is 0. The Bertz CT molecular complexity index is 958. The fraction of sp³-hybridized carbons (Fsp3) is 0.125. The van der Waals surface area contributed by atoms with E-state index in [0.717, 1.165) is 24.1 Å². The second kappa shape index (κ2) is 7.01. The number of nitrogens with zero attached hydrogens (tertiary/aromatic N) is 1. The number of hydrogen-bond acceptors (Lipinski definition) is 2. The van der Waals surface area contributed by atoms with Crippen molar-refractivity contribution < 1.29 is 4.79 Å². The van der Waals surface area contributed by atoms with Crippen LogP contribution in [0.4, 0.5) is 5.69 Å². The molecule has 0 bridgehead atoms. The third kappa shape index (κ3) is 3.18. The first kappa shape index (κ1) is 16.3. The van der Waals surface area contributed by atoms with Gasteiger partial charge in [-0.25, -0.2) is 0 Å². The van der Waals surface area contributed by atoms with Gasteiger partial charge in [-0.3, -0.25) is 4.79 Å². The van der Waals surface area contributed by atoms with Crippen LogP contribution in [-0.4, -0.2) is 12.3 Å². The van der Waals surface area contributed by atoms with E-state index >= 15 is 0 Å². The maximum atomic E-state index is 13.2. The number of hydrogen-bond donors (Lipinski definition) is 0. The summed E-state index contributed by atoms with van der Waals surface area (Å²) in [5.41, 5.74) is 6.21. The van der Waals surface area contributed by atoms with Crippen LogP contribution in [0.5, 0.6) is 0 Å². The van der Waals surface area contributed by atoms with Crippen molar-refractivity contribution >= 4 is 17.0 Å². The SMILES string of the molecule is Cc1ccc2c(c1)CCN2/C=C(/C(=O)c1ccccc1)c1ccccc1. The van der Waals surface area contributed by atoms with Crippen LogP contribution < -0.4 is 4.90 Å². The molecule has 0 radical (unpaired) electrons. The monoisotopic (exact) mass is 339 g/mol. The molecule has 1 aliphatic rings. The van der Waals surface area contributed by atoms with E-state index in [0.29, 0.717) is 5.56 Å². The zero-order valence-corrected chi connectivity index (χ0v) is 14.9. The highest BCUT2D eigenvalue weighted by Gasteiger charge is 2.21. The van der Waals surface area contributed by atoms with Gasteiger partial charge in [0.15, 0.2) is 5.78 Å². The van der Waals surface area contributed by atoms with E-state index in [9.17, 15) is 4.79 Å². The summed E-state index contributed by atoms with van der Waals surface area (Å²) < 4.78 is 0. The molecule has 4 rings (SSSR count). The molecule has 0 spiro atoms. The normalized spacial score (nSPS) is 13.6. The molecule has 3 aromatic rings. The zero-order valence-electron chi connectivity index (χ0n) is 14.9. The Kier molecular flexibility index (Phi) is 4.40. The van der Waals surface area contributed by atoms with Crippen LogP contribution in [0.15, 0.2) is 85.1 Å². The average molecular weight is 339 g/mol. The number of carbonyl (C=O) groups is 1. The van der Waals surface area contributed by atoms with Crippen LogP contribution in [-0.2, 0) is 6.42 Å². The summed E-state index contributed by atoms with van der Waals surface area (Å²) in [5, 5.41) is 0. The summed E-state index contributed by atoms with van der Waals surface area (Å²) in [6.07, 6.45) is 3.03. The Labute approximate surface area is 154 Å². The standard InChI is InChI=1S/C24H21NO/c1-18-12-13-23-21(16-18)14-15-25(23)17-22(19-8-4-2-5-9-19)24(26)20-10-6-3-7-11-20/h2-13,16-17H,14-15H2,1H3/b22-17+. The molecule has 0 aliphatic carbocycles. The maximum absolute atomic E-state index is 13.2. The minimum Gasteiger partial charge on any atom is -0.347 e. The van der Waals surface area contributed by atoms with E-state index < -0.39 is 0 Å². The molecule has 0 atom stereocenters. The molecule has 1 aliphatic heterocycles. The summed E-state index contributed by atoms with van der Waals surface area (Å²) in [6.45, 7) is 3.02. The van der Waals surface area contributed by atoms with Crippen LogP contribution in [0.3, 0.4) is 0 Å². The molecule has 0 amide bonds. The Hall–Kier alpha value is -3.13. The Morgan fingerprint density at radius 3 is 2.23 bits per heavy atom. The van der Waals surface area contributed by atoms with Crippen molar-refractivity contribution in [2.75, 3.05) is 11.4 Å². The molecule has 26 heavy (non-hydrogen) atoms. The molecular formula is C24H21NO. The number of anilines is 1. The van der Waals surface area contributed by atoms with Crippen molar-refractivity contribution in [2.24, 2.45) is 0 Å². The molecule has 0 saturated carbocycles. The highest BCUT2D eigenvalue weighted by Crippen LogP contribution is 2.31. The van der Waals surface area contributed by atoms with Crippen LogP contribution in [0.1, 0.15) is 27.0 Å². The van der Waals surface area contributed by atoms with Crippen molar-refractivity contribution in [2.45, 2.75) is 13.3 Å². The summed E-state index contributed by atoms with van der Waals surface area (Å²) >= 11 is 0. The predicted octanol–water partition coefficient (Wildman–Crippen LogP) is 5.28. The highest BCUT2D eigenvalue weighted by atomic mass is 16.1. The molecule has 0 aromatic heterocycles. The number of benzene rings is 3. The minimum absolute atomic E-state index is 0.0531. The van der Waals surface area contributed by atoms with E-state index in [4.69, 9.17) is 0 Å². The predicted molar refractivity (Wildman–Crippen MR) is 107 cm³/mol. The number of Topliss-reactive ketones (excluding diaryl/α,β-unsaturated/α-hetero) is 1. The van der Waals surface area contributed by atoms with E-state index in [-0.39, 0.29) is 5.78 Å². The summed E-state index contributed by atoms with van der Waals surface area (Å²) in [4.78, 5) is 15.4. The number of carbonyl (C=O) groups excluding carboxylic acids is 1. The van der Waals surface area contributed by atoms with Gasteiger partial charge in [-0.05, 0) is 30.5 Å². The highest BCUT2D eigenvalue weighted by molar-refractivity contribution is 6.29. The van der Waals surface area contributed by atoms with Crippen LogP contribution >= 0.6 is 0 Å². The van der Waals surface area contributed by atoms with Crippen LogP contribution in [0.25, 0.3) is 5.57 Å². The molecule has 0 saturated heterocycles. The quantitative estimate of drug-likeness (QED) is 0.476. The largest absolute Gasteiger partial charge is 0.347 e. The molecule has 0 unspecified atom stereocenters. The lowest BCUT2D eigenvalue weighted by Gasteiger charge is -2.17. The smallest absolute Gasteiger partial charge is 0.195 e. The van der Waals surface area contributed by atoms with Gasteiger partial charge in [0, 0.05) is 29.6 Å². The van der Waals surface area contributed by atoms with Crippen molar-refractivity contribution in [1.29, 1.82) is 0 Å². The number of fused-ring (bicyclic) bond motifs is 1. The van der Waals surface area contributed by atoms with Crippen molar-refractivity contribution in [1.82, 2.24) is 0 Å². The molecule has 1 heterocycles. The second-order valence-corrected chi connectivity index (χ2v) is 6.68. The van der Waals surface area contributed by atoms with Gasteiger partial charge in [0.05, 0.1) is 0 Å². The first-order valence-corrected chi connectivity index (χ1v) is 8.95. The number of rotatable bonds is 4. The van der Waals surface area contributed by atoms with Gasteiger partial charge in [0.25, 0.3) is 0 Å². The van der Waals surface area contributed by atoms with Crippen molar-refractivity contribution in [3.05, 3.63) is 107 Å². The first-order chi connectivity index (χ1) is 12.7. The lowest BCUT2D eigenvalue weighted by atomic mass is 9.97. The van der Waals surface area contributed by atoms with Gasteiger partial charge >= 0.3 is 0 Å². The van der Waals surface area contributed by atoms with E-state index in [1.165, 1.54) is 16.8 Å². The third-order valence-electron chi connectivity index (χ3n) is 4.82. The van der Waals surface area contributed by atoms with Gasteiger partial charge < -0.3 is 4.90 Å². The lowest BCUT2D eigenvalue weighted by molar-refractivity contribution is 0.105. The van der Waals surface area contributed by atoms with E-state index in [2.05, 4.69) is 30.0 Å². The van der Waals surface area contributed by atoms with Crippen LogP contribution in [0, 0.1) is 6.92 Å². The third-order valence-corrected chi connectivity index (χ3v) is 4.82. The molecule has 0 N–H and O–H groups in total. The number of aryl methyl sites for hydroxylation is 1. The van der Waals surface area contributed by atoms with Gasteiger partial charge in [-0.1, -0.05) is 78.4 Å². The molecule has 2 heteroatoms. The van der Waals surface area contributed by atoms with Gasteiger partial charge in [-0.2, -0.15) is 0 Å². The fourth-order valence-corrected chi connectivity index (χ4v) is 3.47. The van der Waals surface area contributed by atoms with E-state index in [1.807, 2.05) is 66.9 Å². The number of allylic oxidation sites excluding steroid dienone is 1. The second-order valence-electron chi connectivity index (χ2n) is 6.68. The average Bonchev–Trinajstić information content (AvgIpc) is 3.08. The summed E-state index contributed by atoms with van der Waals surface area (Å²) in [6, 6.07) is 25.9. The maximum Gasteiger partial charge on any atom is 0.195 e. The molecule has 3 aromatic carbocycles. The first-order valence-electron chi connectivity index (χ1n) is 8.95. The van der Waals surface area contributed by atoms with Gasteiger partial charge in [0.2, 0.25) is 0 Å². The van der Waals surface area contributed by atoms with Crippen LogP contribution in [0.2, 0.25) is 0 Å². The summed E-state index contributed by atoms with van der Waals surface area (Å²) in [5.74, 6) is 0.0531. The minimum atomic E-state index is 0.0531. The van der Waals surface area contributed by atoms with Gasteiger partial charge in [0.1, 0.15) is 0 Å². The molecule has 128 valence electrons. The molecule has 0 fully saturated rings.